The molecule has 1 saturated heterocycles. The van der Waals surface area contributed by atoms with E-state index in [1.165, 1.54) is 5.56 Å². The molecule has 2 amide bonds. The first-order valence-electron chi connectivity index (χ1n) is 9.70. The average molecular weight is 399 g/mol. The third kappa shape index (κ3) is 4.05. The van der Waals surface area contributed by atoms with E-state index in [9.17, 15) is 9.59 Å². The van der Waals surface area contributed by atoms with Crippen LogP contribution < -0.4 is 5.32 Å². The van der Waals surface area contributed by atoms with Gasteiger partial charge in [-0.3, -0.25) is 9.59 Å². The van der Waals surface area contributed by atoms with E-state index in [2.05, 4.69) is 5.32 Å². The Morgan fingerprint density at radius 2 is 1.96 bits per heavy atom. The number of nitrogens with zero attached hydrogens (tertiary/aromatic N) is 1. The second-order valence-electron chi connectivity index (χ2n) is 7.28. The van der Waals surface area contributed by atoms with Crippen LogP contribution in [0.2, 0.25) is 5.02 Å². The zero-order chi connectivity index (χ0) is 19.5. The normalized spacial score (nSPS) is 19.0. The monoisotopic (exact) mass is 398 g/mol. The Labute approximate surface area is 169 Å². The molecule has 1 N–H and O–H groups in total. The number of carbonyl (C=O) groups excluding carboxylic acids is 2. The molecule has 0 aliphatic carbocycles. The number of amides is 2. The zero-order valence-corrected chi connectivity index (χ0v) is 16.4. The molecule has 28 heavy (non-hydrogen) atoms. The van der Waals surface area contributed by atoms with Crippen LogP contribution >= 0.6 is 11.6 Å². The maximum absolute atomic E-state index is 12.8. The van der Waals surface area contributed by atoms with Crippen molar-refractivity contribution in [3.05, 3.63) is 64.2 Å². The molecule has 0 saturated carbocycles. The molecule has 6 heteroatoms. The standard InChI is InChI=1S/C22H23ClN2O3/c23-19-6-2-1-5-18(19)21(26)24-17-9-8-15-10-11-25(14-16(15)13-17)22(27)20-7-3-4-12-28-20/h1-2,5-6,8-9,13,20H,3-4,7,10-12,14H2,(H,24,26). The molecule has 2 aliphatic heterocycles. The number of carbonyl (C=O) groups is 2. The van der Waals surface area contributed by atoms with Crippen molar-refractivity contribution in [1.82, 2.24) is 4.90 Å². The second kappa shape index (κ2) is 8.33. The smallest absolute Gasteiger partial charge is 0.257 e. The molecule has 5 nitrogen and oxygen atoms in total. The lowest BCUT2D eigenvalue weighted by Gasteiger charge is -2.33. The maximum atomic E-state index is 12.8. The van der Waals surface area contributed by atoms with Crippen LogP contribution in [-0.2, 0) is 22.5 Å². The highest BCUT2D eigenvalue weighted by molar-refractivity contribution is 6.34. The van der Waals surface area contributed by atoms with Crippen molar-refractivity contribution in [2.45, 2.75) is 38.3 Å². The highest BCUT2D eigenvalue weighted by Crippen LogP contribution is 2.25. The molecule has 2 aromatic rings. The van der Waals surface area contributed by atoms with Gasteiger partial charge in [-0.05, 0) is 61.1 Å². The van der Waals surface area contributed by atoms with Gasteiger partial charge in [0.1, 0.15) is 6.10 Å². The van der Waals surface area contributed by atoms with E-state index in [0.717, 1.165) is 31.2 Å². The first-order chi connectivity index (χ1) is 13.6. The van der Waals surface area contributed by atoms with E-state index in [-0.39, 0.29) is 17.9 Å². The summed E-state index contributed by atoms with van der Waals surface area (Å²) in [5.74, 6) is -0.166. The lowest BCUT2D eigenvalue weighted by atomic mass is 9.98. The van der Waals surface area contributed by atoms with E-state index in [1.54, 1.807) is 24.3 Å². The largest absolute Gasteiger partial charge is 0.368 e. The number of nitrogens with one attached hydrogen (secondary N) is 1. The number of halogens is 1. The Morgan fingerprint density at radius 3 is 2.75 bits per heavy atom. The average Bonchev–Trinajstić information content (AvgIpc) is 2.73. The molecule has 0 radical (unpaired) electrons. The summed E-state index contributed by atoms with van der Waals surface area (Å²) >= 11 is 6.11. The van der Waals surface area contributed by atoms with Gasteiger partial charge >= 0.3 is 0 Å². The van der Waals surface area contributed by atoms with Gasteiger partial charge in [0.25, 0.3) is 11.8 Å². The maximum Gasteiger partial charge on any atom is 0.257 e. The Hall–Kier alpha value is -2.37. The molecular weight excluding hydrogens is 376 g/mol. The second-order valence-corrected chi connectivity index (χ2v) is 7.69. The van der Waals surface area contributed by atoms with E-state index in [4.69, 9.17) is 16.3 Å². The van der Waals surface area contributed by atoms with Crippen molar-refractivity contribution in [2.24, 2.45) is 0 Å². The van der Waals surface area contributed by atoms with Crippen LogP contribution in [0.5, 0.6) is 0 Å². The van der Waals surface area contributed by atoms with Crippen LogP contribution in [0.25, 0.3) is 0 Å². The molecule has 2 aliphatic rings. The number of hydrogen-bond acceptors (Lipinski definition) is 3. The number of rotatable bonds is 3. The minimum atomic E-state index is -0.307. The van der Waals surface area contributed by atoms with Gasteiger partial charge in [-0.25, -0.2) is 0 Å². The highest BCUT2D eigenvalue weighted by Gasteiger charge is 2.29. The lowest BCUT2D eigenvalue weighted by Crippen LogP contribution is -2.44. The summed E-state index contributed by atoms with van der Waals surface area (Å²) in [7, 11) is 0. The fraction of sp³-hybridized carbons (Fsp3) is 0.364. The minimum Gasteiger partial charge on any atom is -0.368 e. The molecule has 0 bridgehead atoms. The molecule has 2 aromatic carbocycles. The van der Waals surface area contributed by atoms with E-state index in [1.807, 2.05) is 23.1 Å². The van der Waals surface area contributed by atoms with Gasteiger partial charge in [0.2, 0.25) is 0 Å². The van der Waals surface area contributed by atoms with E-state index in [0.29, 0.717) is 36.0 Å². The predicted molar refractivity (Wildman–Crippen MR) is 109 cm³/mol. The fourth-order valence-electron chi connectivity index (χ4n) is 3.81. The van der Waals surface area contributed by atoms with Crippen LogP contribution in [0.4, 0.5) is 5.69 Å². The summed E-state index contributed by atoms with van der Waals surface area (Å²) in [6.07, 6.45) is 3.38. The number of ether oxygens (including phenoxy) is 1. The number of fused-ring (bicyclic) bond motifs is 1. The third-order valence-corrected chi connectivity index (χ3v) is 5.69. The number of anilines is 1. The minimum absolute atomic E-state index is 0.0795. The van der Waals surface area contributed by atoms with Crippen LogP contribution in [-0.4, -0.2) is 36.0 Å². The Bertz CT molecular complexity index is 893. The molecule has 0 spiro atoms. The molecule has 0 aromatic heterocycles. The quantitative estimate of drug-likeness (QED) is 0.848. The SMILES string of the molecule is O=C(Nc1ccc2c(c1)CN(C(=O)C1CCCCO1)CC2)c1ccccc1Cl. The van der Waals surface area contributed by atoms with Gasteiger partial charge in [-0.1, -0.05) is 29.8 Å². The predicted octanol–water partition coefficient (Wildman–Crippen LogP) is 4.05. The van der Waals surface area contributed by atoms with Crippen molar-refractivity contribution in [3.8, 4) is 0 Å². The molecular formula is C22H23ClN2O3. The van der Waals surface area contributed by atoms with Crippen molar-refractivity contribution in [1.29, 1.82) is 0 Å². The van der Waals surface area contributed by atoms with Crippen LogP contribution in [0.3, 0.4) is 0 Å². The summed E-state index contributed by atoms with van der Waals surface area (Å²) in [6, 6.07) is 12.8. The lowest BCUT2D eigenvalue weighted by molar-refractivity contribution is -0.147. The molecule has 146 valence electrons. The molecule has 4 rings (SSSR count). The summed E-state index contributed by atoms with van der Waals surface area (Å²) in [4.78, 5) is 27.1. The summed E-state index contributed by atoms with van der Waals surface area (Å²) in [6.45, 7) is 1.92. The van der Waals surface area contributed by atoms with Gasteiger partial charge < -0.3 is 15.0 Å². The van der Waals surface area contributed by atoms with Crippen molar-refractivity contribution in [3.63, 3.8) is 0 Å². The summed E-state index contributed by atoms with van der Waals surface area (Å²) < 4.78 is 5.66. The van der Waals surface area contributed by atoms with Gasteiger partial charge in [0, 0.05) is 25.4 Å². The van der Waals surface area contributed by atoms with Crippen molar-refractivity contribution >= 4 is 29.1 Å². The molecule has 1 fully saturated rings. The molecule has 2 heterocycles. The topological polar surface area (TPSA) is 58.6 Å². The van der Waals surface area contributed by atoms with Crippen LogP contribution in [0.1, 0.15) is 40.7 Å². The van der Waals surface area contributed by atoms with E-state index < -0.39 is 0 Å². The molecule has 1 atom stereocenters. The van der Waals surface area contributed by atoms with Gasteiger partial charge in [0.15, 0.2) is 0 Å². The zero-order valence-electron chi connectivity index (χ0n) is 15.6. The number of hydrogen-bond donors (Lipinski definition) is 1. The van der Waals surface area contributed by atoms with Crippen LogP contribution in [0, 0.1) is 0 Å². The number of benzene rings is 2. The third-order valence-electron chi connectivity index (χ3n) is 5.36. The summed E-state index contributed by atoms with van der Waals surface area (Å²) in [5, 5.41) is 3.32. The Kier molecular flexibility index (Phi) is 5.64. The van der Waals surface area contributed by atoms with Crippen molar-refractivity contribution in [2.75, 3.05) is 18.5 Å². The fourth-order valence-corrected chi connectivity index (χ4v) is 4.03. The molecule has 1 unspecified atom stereocenters. The van der Waals surface area contributed by atoms with Gasteiger partial charge in [-0.2, -0.15) is 0 Å². The van der Waals surface area contributed by atoms with Gasteiger partial charge in [-0.15, -0.1) is 0 Å². The van der Waals surface area contributed by atoms with Crippen LogP contribution in [0.15, 0.2) is 42.5 Å². The Balaban J connectivity index is 1.47. The summed E-state index contributed by atoms with van der Waals surface area (Å²) in [5.41, 5.74) is 3.41. The highest BCUT2D eigenvalue weighted by atomic mass is 35.5. The first kappa shape index (κ1) is 19.0. The van der Waals surface area contributed by atoms with Crippen molar-refractivity contribution < 1.29 is 14.3 Å². The Morgan fingerprint density at radius 1 is 1.11 bits per heavy atom. The first-order valence-corrected chi connectivity index (χ1v) is 10.1. The van der Waals surface area contributed by atoms with E-state index >= 15 is 0 Å². The van der Waals surface area contributed by atoms with Gasteiger partial charge in [0.05, 0.1) is 10.6 Å².